The van der Waals surface area contributed by atoms with Gasteiger partial charge in [0, 0.05) is 49.2 Å². The Labute approximate surface area is 162 Å². The Kier molecular flexibility index (Phi) is 4.33. The van der Waals surface area contributed by atoms with Crippen molar-refractivity contribution >= 4 is 22.7 Å². The minimum atomic E-state index is 0.681. The van der Waals surface area contributed by atoms with E-state index < -0.39 is 0 Å². The number of hydrogen-bond donors (Lipinski definition) is 2. The molecule has 2 N–H and O–H groups in total. The van der Waals surface area contributed by atoms with Crippen LogP contribution in [0, 0.1) is 0 Å². The van der Waals surface area contributed by atoms with Crippen molar-refractivity contribution in [2.45, 2.75) is 19.4 Å². The summed E-state index contributed by atoms with van der Waals surface area (Å²) >= 11 is 0. The molecule has 0 saturated carbocycles. The molecule has 0 amide bonds. The van der Waals surface area contributed by atoms with E-state index in [2.05, 4.69) is 47.5 Å². The fraction of sp³-hybridized carbons (Fsp3) is 0.238. The molecule has 140 valence electrons. The zero-order chi connectivity index (χ0) is 18.8. The van der Waals surface area contributed by atoms with E-state index >= 15 is 0 Å². The predicted molar refractivity (Wildman–Crippen MR) is 110 cm³/mol. The molecule has 5 rings (SSSR count). The highest BCUT2D eigenvalue weighted by molar-refractivity contribution is 5.93. The Balaban J connectivity index is 1.45. The molecule has 0 spiro atoms. The second-order valence-electron chi connectivity index (χ2n) is 6.97. The summed E-state index contributed by atoms with van der Waals surface area (Å²) in [5.41, 5.74) is 3.85. The van der Waals surface area contributed by atoms with E-state index in [4.69, 9.17) is 0 Å². The maximum absolute atomic E-state index is 4.68. The highest BCUT2D eigenvalue weighted by atomic mass is 15.3. The third kappa shape index (κ3) is 3.26. The van der Waals surface area contributed by atoms with Gasteiger partial charge in [-0.25, -0.2) is 4.98 Å². The lowest BCUT2D eigenvalue weighted by Gasteiger charge is -2.15. The first kappa shape index (κ1) is 16.7. The minimum Gasteiger partial charge on any atom is -0.366 e. The van der Waals surface area contributed by atoms with Crippen molar-refractivity contribution in [1.82, 2.24) is 25.1 Å². The maximum Gasteiger partial charge on any atom is 0.151 e. The van der Waals surface area contributed by atoms with E-state index in [9.17, 15) is 0 Å². The zero-order valence-electron chi connectivity index (χ0n) is 15.5. The van der Waals surface area contributed by atoms with Gasteiger partial charge in [-0.1, -0.05) is 0 Å². The van der Waals surface area contributed by atoms with Crippen LogP contribution in [0.3, 0.4) is 0 Å². The van der Waals surface area contributed by atoms with Crippen LogP contribution in [0.1, 0.15) is 18.4 Å². The van der Waals surface area contributed by atoms with Crippen molar-refractivity contribution in [2.75, 3.05) is 23.3 Å². The minimum absolute atomic E-state index is 0.681. The molecule has 7 heteroatoms. The van der Waals surface area contributed by atoms with Gasteiger partial charge < -0.3 is 15.2 Å². The molecule has 5 heterocycles. The molecule has 0 aliphatic carbocycles. The number of aromatic amines is 1. The second-order valence-corrected chi connectivity index (χ2v) is 6.97. The molecule has 4 aromatic rings. The first-order valence-corrected chi connectivity index (χ1v) is 9.57. The van der Waals surface area contributed by atoms with Crippen molar-refractivity contribution in [3.8, 4) is 11.3 Å². The van der Waals surface area contributed by atoms with Crippen molar-refractivity contribution in [1.29, 1.82) is 0 Å². The van der Waals surface area contributed by atoms with Crippen LogP contribution in [0.5, 0.6) is 0 Å². The number of pyridine rings is 2. The van der Waals surface area contributed by atoms with Crippen LogP contribution in [0.4, 0.5) is 11.6 Å². The molecule has 1 fully saturated rings. The standard InChI is InChI=1S/C21H21N7/c1-2-12-28(11-1)20-4-3-18(26-27-20)17-13-19(25-21-16(17)7-10-23-21)24-14-15-5-8-22-9-6-15/h3-10,13H,1-2,11-12,14H2,(H2,23,24,25). The number of anilines is 2. The molecule has 1 saturated heterocycles. The van der Waals surface area contributed by atoms with E-state index in [-0.39, 0.29) is 0 Å². The Morgan fingerprint density at radius 2 is 1.86 bits per heavy atom. The van der Waals surface area contributed by atoms with Crippen LogP contribution >= 0.6 is 0 Å². The molecule has 1 aliphatic rings. The third-order valence-corrected chi connectivity index (χ3v) is 5.11. The van der Waals surface area contributed by atoms with Gasteiger partial charge in [0.1, 0.15) is 11.5 Å². The fourth-order valence-corrected chi connectivity index (χ4v) is 3.62. The number of rotatable bonds is 5. The summed E-state index contributed by atoms with van der Waals surface area (Å²) < 4.78 is 0. The van der Waals surface area contributed by atoms with Gasteiger partial charge in [-0.3, -0.25) is 4.98 Å². The van der Waals surface area contributed by atoms with E-state index in [0.717, 1.165) is 52.6 Å². The van der Waals surface area contributed by atoms with E-state index in [1.165, 1.54) is 12.8 Å². The topological polar surface area (TPSA) is 82.6 Å². The van der Waals surface area contributed by atoms with Gasteiger partial charge in [0.05, 0.1) is 5.69 Å². The number of nitrogens with zero attached hydrogens (tertiary/aromatic N) is 5. The lowest BCUT2D eigenvalue weighted by atomic mass is 10.1. The van der Waals surface area contributed by atoms with Gasteiger partial charge in [-0.15, -0.1) is 10.2 Å². The van der Waals surface area contributed by atoms with Crippen LogP contribution in [0.2, 0.25) is 0 Å². The van der Waals surface area contributed by atoms with Crippen molar-refractivity contribution in [2.24, 2.45) is 0 Å². The molecule has 0 aromatic carbocycles. The number of aromatic nitrogens is 5. The first-order chi connectivity index (χ1) is 13.9. The summed E-state index contributed by atoms with van der Waals surface area (Å²) in [6.45, 7) is 2.81. The first-order valence-electron chi connectivity index (χ1n) is 9.57. The van der Waals surface area contributed by atoms with Gasteiger partial charge in [-0.05, 0) is 54.8 Å². The molecule has 0 radical (unpaired) electrons. The van der Waals surface area contributed by atoms with Crippen molar-refractivity contribution in [3.05, 3.63) is 60.6 Å². The van der Waals surface area contributed by atoms with Crippen LogP contribution in [-0.2, 0) is 6.54 Å². The Morgan fingerprint density at radius 3 is 2.64 bits per heavy atom. The molecule has 1 aliphatic heterocycles. The summed E-state index contributed by atoms with van der Waals surface area (Å²) in [5, 5.41) is 13.4. The van der Waals surface area contributed by atoms with E-state index in [1.54, 1.807) is 12.4 Å². The van der Waals surface area contributed by atoms with Gasteiger partial charge >= 0.3 is 0 Å². The average Bonchev–Trinajstić information content (AvgIpc) is 3.45. The van der Waals surface area contributed by atoms with Crippen LogP contribution in [-0.4, -0.2) is 38.2 Å². The molecule has 28 heavy (non-hydrogen) atoms. The number of hydrogen-bond acceptors (Lipinski definition) is 6. The van der Waals surface area contributed by atoms with E-state index in [0.29, 0.717) is 6.54 Å². The Hall–Kier alpha value is -3.48. The quantitative estimate of drug-likeness (QED) is 0.557. The average molecular weight is 371 g/mol. The number of nitrogens with one attached hydrogen (secondary N) is 2. The van der Waals surface area contributed by atoms with Gasteiger partial charge in [-0.2, -0.15) is 0 Å². The molecule has 0 unspecified atom stereocenters. The summed E-state index contributed by atoms with van der Waals surface area (Å²) in [4.78, 5) is 14.2. The van der Waals surface area contributed by atoms with Crippen molar-refractivity contribution < 1.29 is 0 Å². The van der Waals surface area contributed by atoms with Gasteiger partial charge in [0.25, 0.3) is 0 Å². The SMILES string of the molecule is c1cc(CNc2cc(-c3ccc(N4CCCC4)nn3)c3cc[nH]c3n2)ccn1. The molecule has 7 nitrogen and oxygen atoms in total. The highest BCUT2D eigenvalue weighted by Crippen LogP contribution is 2.29. The summed E-state index contributed by atoms with van der Waals surface area (Å²) in [6.07, 6.45) is 7.94. The monoisotopic (exact) mass is 371 g/mol. The summed E-state index contributed by atoms with van der Waals surface area (Å²) in [6, 6.07) is 12.2. The molecular formula is C21H21N7. The lowest BCUT2D eigenvalue weighted by Crippen LogP contribution is -2.19. The van der Waals surface area contributed by atoms with Gasteiger partial charge in [0.2, 0.25) is 0 Å². The maximum atomic E-state index is 4.68. The Morgan fingerprint density at radius 1 is 1.00 bits per heavy atom. The molecule has 0 atom stereocenters. The number of H-pyrrole nitrogens is 1. The molecular weight excluding hydrogens is 350 g/mol. The van der Waals surface area contributed by atoms with Crippen molar-refractivity contribution in [3.63, 3.8) is 0 Å². The van der Waals surface area contributed by atoms with Crippen LogP contribution in [0.15, 0.2) is 55.0 Å². The normalized spacial score (nSPS) is 13.9. The molecule has 4 aromatic heterocycles. The van der Waals surface area contributed by atoms with Crippen LogP contribution < -0.4 is 10.2 Å². The van der Waals surface area contributed by atoms with Gasteiger partial charge in [0.15, 0.2) is 5.82 Å². The third-order valence-electron chi connectivity index (χ3n) is 5.11. The fourth-order valence-electron chi connectivity index (χ4n) is 3.62. The summed E-state index contributed by atoms with van der Waals surface area (Å²) in [5.74, 6) is 1.75. The largest absolute Gasteiger partial charge is 0.366 e. The second kappa shape index (κ2) is 7.26. The zero-order valence-corrected chi connectivity index (χ0v) is 15.5. The smallest absolute Gasteiger partial charge is 0.151 e. The predicted octanol–water partition coefficient (Wildman–Crippen LogP) is 3.63. The van der Waals surface area contributed by atoms with Crippen LogP contribution in [0.25, 0.3) is 22.3 Å². The summed E-state index contributed by atoms with van der Waals surface area (Å²) in [7, 11) is 0. The Bertz CT molecular complexity index is 1070. The molecule has 0 bridgehead atoms. The number of fused-ring (bicyclic) bond motifs is 1. The highest BCUT2D eigenvalue weighted by Gasteiger charge is 2.15. The van der Waals surface area contributed by atoms with E-state index in [1.807, 2.05) is 30.5 Å². The lowest BCUT2D eigenvalue weighted by molar-refractivity contribution is 0.896.